The lowest BCUT2D eigenvalue weighted by molar-refractivity contribution is 1.08. The Morgan fingerprint density at radius 1 is 1.23 bits per heavy atom. The van der Waals surface area contributed by atoms with Gasteiger partial charge in [-0.1, -0.05) is 38.1 Å². The van der Waals surface area contributed by atoms with Gasteiger partial charge in [-0.25, -0.2) is 0 Å². The summed E-state index contributed by atoms with van der Waals surface area (Å²) in [6, 6.07) is 6.03. The molecule has 70 valence electrons. The monoisotopic (exact) mass is 194 g/mol. The van der Waals surface area contributed by atoms with Crippen LogP contribution in [0.4, 0.5) is 0 Å². The number of aryl methyl sites for hydroxylation is 1. The van der Waals surface area contributed by atoms with Gasteiger partial charge in [0, 0.05) is 5.02 Å². The van der Waals surface area contributed by atoms with E-state index in [1.807, 2.05) is 26.0 Å². The highest BCUT2D eigenvalue weighted by atomic mass is 35.5. The van der Waals surface area contributed by atoms with Gasteiger partial charge in [0.25, 0.3) is 0 Å². The molecule has 0 aromatic heterocycles. The summed E-state index contributed by atoms with van der Waals surface area (Å²) < 4.78 is 0. The zero-order valence-electron chi connectivity index (χ0n) is 8.23. The summed E-state index contributed by atoms with van der Waals surface area (Å²) in [6.45, 7) is 7.98. The fourth-order valence-electron chi connectivity index (χ4n) is 1.53. The van der Waals surface area contributed by atoms with E-state index in [4.69, 9.17) is 11.6 Å². The van der Waals surface area contributed by atoms with Gasteiger partial charge in [-0.15, -0.1) is 0 Å². The second-order valence-electron chi connectivity index (χ2n) is 2.91. The predicted molar refractivity (Wildman–Crippen MR) is 60.2 cm³/mol. The van der Waals surface area contributed by atoms with E-state index in [9.17, 15) is 0 Å². The first-order valence-electron chi connectivity index (χ1n) is 4.74. The van der Waals surface area contributed by atoms with Gasteiger partial charge in [0.15, 0.2) is 0 Å². The van der Waals surface area contributed by atoms with Crippen molar-refractivity contribution < 1.29 is 0 Å². The highest BCUT2D eigenvalue weighted by Crippen LogP contribution is 2.32. The lowest BCUT2D eigenvalue weighted by Crippen LogP contribution is -1.78. The van der Waals surface area contributed by atoms with Crippen LogP contribution in [0.3, 0.4) is 0 Å². The Morgan fingerprint density at radius 3 is 2.62 bits per heavy atom. The van der Waals surface area contributed by atoms with Gasteiger partial charge in [-0.2, -0.15) is 0 Å². The van der Waals surface area contributed by atoms with Crippen molar-refractivity contribution in [1.29, 1.82) is 0 Å². The number of rotatable bonds is 0. The number of benzene rings is 1. The Hall–Kier alpha value is -0.750. The van der Waals surface area contributed by atoms with Crippen LogP contribution in [0.2, 0.25) is 5.02 Å². The third-order valence-electron chi connectivity index (χ3n) is 2.14. The van der Waals surface area contributed by atoms with Crippen molar-refractivity contribution in [2.75, 3.05) is 0 Å². The standard InChI is InChI=1S/C10H9Cl.C2H6/c1-7-2-3-8-6-9(11)4-5-10(7)8;1-2/h4-6H,1-3H2;1-2H3. The van der Waals surface area contributed by atoms with E-state index in [1.165, 1.54) is 16.7 Å². The Morgan fingerprint density at radius 2 is 1.92 bits per heavy atom. The number of hydrogen-bond acceptors (Lipinski definition) is 0. The van der Waals surface area contributed by atoms with Crippen LogP contribution >= 0.6 is 11.6 Å². The summed E-state index contributed by atoms with van der Waals surface area (Å²) >= 11 is 5.84. The largest absolute Gasteiger partial charge is 0.0952 e. The highest BCUT2D eigenvalue weighted by molar-refractivity contribution is 6.30. The summed E-state index contributed by atoms with van der Waals surface area (Å²) in [5.41, 5.74) is 3.90. The fraction of sp³-hybridized carbons (Fsp3) is 0.333. The maximum absolute atomic E-state index is 5.84. The zero-order valence-corrected chi connectivity index (χ0v) is 8.99. The molecule has 0 N–H and O–H groups in total. The Balaban J connectivity index is 0.000000396. The molecule has 0 radical (unpaired) electrons. The van der Waals surface area contributed by atoms with Crippen LogP contribution in [0, 0.1) is 0 Å². The first kappa shape index (κ1) is 10.3. The molecule has 0 amide bonds. The van der Waals surface area contributed by atoms with Gasteiger partial charge in [0.05, 0.1) is 0 Å². The molecular weight excluding hydrogens is 180 g/mol. The molecule has 0 fully saturated rings. The van der Waals surface area contributed by atoms with Crippen LogP contribution in [-0.2, 0) is 6.42 Å². The van der Waals surface area contributed by atoms with Crippen LogP contribution in [-0.4, -0.2) is 0 Å². The van der Waals surface area contributed by atoms with Crippen molar-refractivity contribution in [3.63, 3.8) is 0 Å². The van der Waals surface area contributed by atoms with E-state index in [0.717, 1.165) is 17.9 Å². The summed E-state index contributed by atoms with van der Waals surface area (Å²) in [7, 11) is 0. The van der Waals surface area contributed by atoms with Gasteiger partial charge in [0.1, 0.15) is 0 Å². The predicted octanol–water partition coefficient (Wildman–Crippen LogP) is 4.33. The minimum atomic E-state index is 0.832. The number of allylic oxidation sites excluding steroid dienone is 1. The van der Waals surface area contributed by atoms with E-state index < -0.39 is 0 Å². The molecule has 13 heavy (non-hydrogen) atoms. The van der Waals surface area contributed by atoms with Crippen molar-refractivity contribution in [2.45, 2.75) is 26.7 Å². The minimum absolute atomic E-state index is 0.832. The maximum atomic E-state index is 5.84. The molecule has 0 heterocycles. The molecule has 1 aromatic carbocycles. The topological polar surface area (TPSA) is 0 Å². The normalized spacial score (nSPS) is 13.3. The van der Waals surface area contributed by atoms with Crippen LogP contribution in [0.5, 0.6) is 0 Å². The molecule has 1 heteroatoms. The third-order valence-corrected chi connectivity index (χ3v) is 2.38. The van der Waals surface area contributed by atoms with Crippen molar-refractivity contribution in [3.05, 3.63) is 40.9 Å². The van der Waals surface area contributed by atoms with Crippen molar-refractivity contribution in [2.24, 2.45) is 0 Å². The molecule has 1 aliphatic carbocycles. The van der Waals surface area contributed by atoms with Gasteiger partial charge in [-0.3, -0.25) is 0 Å². The lowest BCUT2D eigenvalue weighted by atomic mass is 10.1. The first-order valence-corrected chi connectivity index (χ1v) is 5.12. The molecule has 0 unspecified atom stereocenters. The fourth-order valence-corrected chi connectivity index (χ4v) is 1.73. The average Bonchev–Trinajstić information content (AvgIpc) is 2.51. The SMILES string of the molecule is C=C1CCc2cc(Cl)ccc21.CC. The van der Waals surface area contributed by atoms with Gasteiger partial charge in [-0.05, 0) is 41.7 Å². The van der Waals surface area contributed by atoms with Crippen molar-refractivity contribution in [3.8, 4) is 0 Å². The van der Waals surface area contributed by atoms with E-state index in [0.29, 0.717) is 0 Å². The Kier molecular flexibility index (Phi) is 3.56. The number of fused-ring (bicyclic) bond motifs is 1. The molecule has 0 saturated heterocycles. The van der Waals surface area contributed by atoms with E-state index in [2.05, 4.69) is 12.6 Å². The molecule has 0 nitrogen and oxygen atoms in total. The molecule has 2 rings (SSSR count). The summed E-state index contributed by atoms with van der Waals surface area (Å²) in [5.74, 6) is 0. The quantitative estimate of drug-likeness (QED) is 0.577. The summed E-state index contributed by atoms with van der Waals surface area (Å²) in [6.07, 6.45) is 2.20. The minimum Gasteiger partial charge on any atom is -0.0952 e. The van der Waals surface area contributed by atoms with Gasteiger partial charge >= 0.3 is 0 Å². The molecule has 0 saturated carbocycles. The van der Waals surface area contributed by atoms with Crippen LogP contribution in [0.25, 0.3) is 5.57 Å². The maximum Gasteiger partial charge on any atom is 0.0409 e. The summed E-state index contributed by atoms with van der Waals surface area (Å²) in [5, 5.41) is 0.832. The van der Waals surface area contributed by atoms with Gasteiger partial charge < -0.3 is 0 Å². The van der Waals surface area contributed by atoms with E-state index in [1.54, 1.807) is 0 Å². The second-order valence-corrected chi connectivity index (χ2v) is 3.34. The number of hydrogen-bond donors (Lipinski definition) is 0. The molecule has 0 bridgehead atoms. The average molecular weight is 195 g/mol. The van der Waals surface area contributed by atoms with Crippen molar-refractivity contribution >= 4 is 17.2 Å². The second kappa shape index (κ2) is 4.48. The molecule has 0 spiro atoms. The van der Waals surface area contributed by atoms with Crippen molar-refractivity contribution in [1.82, 2.24) is 0 Å². The van der Waals surface area contributed by atoms with E-state index >= 15 is 0 Å². The molecule has 0 atom stereocenters. The molecular formula is C12H15Cl. The smallest absolute Gasteiger partial charge is 0.0409 e. The molecule has 1 aliphatic rings. The van der Waals surface area contributed by atoms with Crippen LogP contribution < -0.4 is 0 Å². The lowest BCUT2D eigenvalue weighted by Gasteiger charge is -1.98. The van der Waals surface area contributed by atoms with Crippen LogP contribution in [0.15, 0.2) is 24.8 Å². The Labute approximate surface area is 85.2 Å². The molecule has 1 aromatic rings. The zero-order chi connectivity index (χ0) is 9.84. The Bertz CT molecular complexity index is 313. The third kappa shape index (κ3) is 2.13. The van der Waals surface area contributed by atoms with Crippen LogP contribution in [0.1, 0.15) is 31.4 Å². The summed E-state index contributed by atoms with van der Waals surface area (Å²) in [4.78, 5) is 0. The highest BCUT2D eigenvalue weighted by Gasteiger charge is 2.13. The molecule has 0 aliphatic heterocycles. The number of halogens is 1. The van der Waals surface area contributed by atoms with E-state index in [-0.39, 0.29) is 0 Å². The van der Waals surface area contributed by atoms with Gasteiger partial charge in [0.2, 0.25) is 0 Å². The first-order chi connectivity index (χ1) is 6.27.